The number of alkyl halides is 1. The van der Waals surface area contributed by atoms with Gasteiger partial charge in [0, 0.05) is 19.6 Å². The highest BCUT2D eigenvalue weighted by Crippen LogP contribution is 2.19. The van der Waals surface area contributed by atoms with Gasteiger partial charge in [0.15, 0.2) is 12.1 Å². The maximum Gasteiger partial charge on any atom is 0.410 e. The summed E-state index contributed by atoms with van der Waals surface area (Å²) in [5.74, 6) is -22.4. The summed E-state index contributed by atoms with van der Waals surface area (Å²) in [5.41, 5.74) is -3.99. The van der Waals surface area contributed by atoms with E-state index < -0.39 is 280 Å². The second kappa shape index (κ2) is 54.7. The van der Waals surface area contributed by atoms with Crippen molar-refractivity contribution in [3.05, 3.63) is 11.8 Å². The number of ether oxygens (including phenoxy) is 7. The zero-order valence-corrected chi connectivity index (χ0v) is 69.6. The molecule has 1 rings (SSSR count). The van der Waals surface area contributed by atoms with Crippen molar-refractivity contribution in [3.8, 4) is 0 Å². The first-order chi connectivity index (χ1) is 55.2. The van der Waals surface area contributed by atoms with E-state index in [-0.39, 0.29) is 25.8 Å². The van der Waals surface area contributed by atoms with Crippen LogP contribution in [-0.4, -0.2) is 263 Å². The second-order valence-electron chi connectivity index (χ2n) is 30.7. The minimum atomic E-state index is -2.96. The van der Waals surface area contributed by atoms with E-state index >= 15 is 0 Å². The first kappa shape index (κ1) is 106. The molecule has 670 valence electrons. The summed E-state index contributed by atoms with van der Waals surface area (Å²) < 4.78 is 34.9. The fourth-order valence-electron chi connectivity index (χ4n) is 10.3. The summed E-state index contributed by atoms with van der Waals surface area (Å²) >= 11 is 5.95. The van der Waals surface area contributed by atoms with Crippen LogP contribution in [0.5, 0.6) is 0 Å². The number of hydrogen-bond acceptors (Lipinski definition) is 29. The van der Waals surface area contributed by atoms with Crippen molar-refractivity contribution < 1.29 is 150 Å². The molecule has 0 aliphatic carbocycles. The van der Waals surface area contributed by atoms with Crippen molar-refractivity contribution in [1.82, 2.24) is 63.8 Å². The van der Waals surface area contributed by atoms with Crippen molar-refractivity contribution in [3.63, 3.8) is 0 Å². The molecule has 1 heterocycles. The minimum Gasteiger partial charge on any atom is -0.481 e. The number of esters is 4. The van der Waals surface area contributed by atoms with Gasteiger partial charge in [0.05, 0.1) is 53.3 Å². The summed E-state index contributed by atoms with van der Waals surface area (Å²) in [6.45, 7) is 12.1. The van der Waals surface area contributed by atoms with E-state index in [2.05, 4.69) is 54.8 Å². The van der Waals surface area contributed by atoms with Gasteiger partial charge in [0.1, 0.15) is 54.6 Å². The lowest BCUT2D eigenvalue weighted by Gasteiger charge is -2.29. The number of aliphatic hydroxyl groups excluding tert-OH is 4. The molecule has 0 unspecified atom stereocenters. The molecule has 0 aromatic heterocycles. The number of alkyl carbamates (subject to hydrolysis) is 3. The Kier molecular flexibility index (Phi) is 49.0. The Bertz CT molecular complexity index is 3400. The van der Waals surface area contributed by atoms with Crippen LogP contribution in [0.4, 0.5) is 14.4 Å². The van der Waals surface area contributed by atoms with Crippen molar-refractivity contribution in [2.75, 3.05) is 52.5 Å². The number of carboxylic acid groups (broad SMARTS) is 2. The zero-order chi connectivity index (χ0) is 89.6. The number of carboxylic acids is 2. The first-order valence-corrected chi connectivity index (χ1v) is 39.2. The molecule has 0 saturated carbocycles. The smallest absolute Gasteiger partial charge is 0.410 e. The molecule has 0 bridgehead atoms. The lowest BCUT2D eigenvalue weighted by molar-refractivity contribution is -0.162. The van der Waals surface area contributed by atoms with Crippen LogP contribution < -0.4 is 63.8 Å². The number of rotatable bonds is 39. The van der Waals surface area contributed by atoms with Gasteiger partial charge in [-0.05, 0) is 115 Å². The van der Waals surface area contributed by atoms with Gasteiger partial charge >= 0.3 is 54.1 Å². The number of aliphatic carboxylic acids is 2. The van der Waals surface area contributed by atoms with Gasteiger partial charge in [0.2, 0.25) is 67.6 Å². The van der Waals surface area contributed by atoms with Crippen LogP contribution in [0.15, 0.2) is 11.8 Å². The number of cyclic esters (lactones) is 1. The molecule has 1 aliphatic rings. The van der Waals surface area contributed by atoms with Gasteiger partial charge in [-0.1, -0.05) is 83.6 Å². The maximum atomic E-state index is 14.9. The Hall–Kier alpha value is -10.3. The van der Waals surface area contributed by atoms with Crippen molar-refractivity contribution in [2.45, 2.75) is 278 Å². The predicted octanol–water partition coefficient (Wildman–Crippen LogP) is -0.436. The monoisotopic (exact) mass is 1710 g/mol. The average molecular weight is 1710 g/mol. The lowest BCUT2D eigenvalue weighted by atomic mass is 9.97. The second-order valence-corrected chi connectivity index (χ2v) is 31.0. The number of amides is 12. The highest BCUT2D eigenvalue weighted by atomic mass is 35.5. The molecule has 1 fully saturated rings. The molecule has 0 aromatic rings. The van der Waals surface area contributed by atoms with E-state index in [1.165, 1.54) is 62.3 Å². The summed E-state index contributed by atoms with van der Waals surface area (Å²) in [5, 5.41) is 90.3. The molecule has 43 nitrogen and oxygen atoms in total. The fourth-order valence-corrected chi connectivity index (χ4v) is 10.4. The molecule has 0 radical (unpaired) electrons. The highest BCUT2D eigenvalue weighted by Gasteiger charge is 2.42. The normalized spacial score (nSPS) is 20.8. The third-order valence-electron chi connectivity index (χ3n) is 17.2. The molecule has 1 saturated heterocycles. The topological polar surface area (TPSA) is 638 Å². The average Bonchev–Trinajstić information content (AvgIpc) is 0.838. The first-order valence-electron chi connectivity index (χ1n) is 38.7. The molecule has 12 amide bonds. The van der Waals surface area contributed by atoms with Crippen LogP contribution in [0.2, 0.25) is 0 Å². The van der Waals surface area contributed by atoms with E-state index in [1.807, 2.05) is 16.0 Å². The number of hydrogen-bond donors (Lipinski definition) is 18. The molecule has 0 aromatic carbocycles. The molecule has 44 heteroatoms. The standard InChI is InChI=1S/C74H121ClN12O31/c1-13-15-16-17-18-19-20-21-22-23-24-27-42(89)34-50(91)79-48-37-112-65(105)53(49(90)36-75)86-63(102)54(55(94)64(103)104)87-56(95)43(14-2)80-62(101)52(41(3)88)85-59(98)46(30-33-78-71(111)118-40-115-68(108)74(10,11)12)82-57(96)44(28-25-26-31-76-69(109)116-38-113-66(106)72(4,5)6)81-60(99)47(35-51(92)93)84-58(97)45(83-61(48)100)29-32-77-70(110)117-39-114-67(107)73(7,8)9/h14,41-42,44-49,52-55,88-90,94H,13,15-40H2,1-12H3,(H,76,109)(H,77,110)(H,78,111)(H,79,91)(H,80,101)(H,81,99)(H,82,96)(H,83,100)(H,84,97)(H,85,98)(H,86,102)(H,87,95)(H,92,93)(H,103,104)/b43-14+/t41-,42+,44-,45+,46+,47-,48-,49+,52-,53-,54-,55-/m0/s1. The fraction of sp³-hybridized carbons (Fsp3) is 0.730. The lowest BCUT2D eigenvalue weighted by Crippen LogP contribution is -2.62. The molecule has 118 heavy (non-hydrogen) atoms. The summed E-state index contributed by atoms with van der Waals surface area (Å²) in [6, 6.07) is -18.1. The molecular weight excluding hydrogens is 1590 g/mol. The van der Waals surface area contributed by atoms with Crippen LogP contribution in [0.3, 0.4) is 0 Å². The Morgan fingerprint density at radius 1 is 0.500 bits per heavy atom. The third-order valence-corrected chi connectivity index (χ3v) is 17.5. The number of halogens is 1. The maximum absolute atomic E-state index is 14.9. The molecule has 0 spiro atoms. The quantitative estimate of drug-likeness (QED) is 0.00927. The van der Waals surface area contributed by atoms with E-state index in [4.69, 9.17) is 44.8 Å². The van der Waals surface area contributed by atoms with Crippen molar-refractivity contribution in [1.29, 1.82) is 0 Å². The third kappa shape index (κ3) is 43.3. The van der Waals surface area contributed by atoms with Gasteiger partial charge in [-0.25, -0.2) is 24.0 Å². The zero-order valence-electron chi connectivity index (χ0n) is 68.9. The van der Waals surface area contributed by atoms with Crippen LogP contribution in [0, 0.1) is 16.2 Å². The number of aliphatic hydroxyl groups is 4. The SMILES string of the molecule is C/C=C1/NC(=O)[C@H]([C@H](C)O)NC(=O)[C@@H](CCNC(=O)OCOC(=O)C(C)(C)C)NC(=O)[C@H](CCCCNC(=O)OCOC(=O)C(C)(C)C)NC(=O)[C@H](CC(=O)O)NC(=O)[C@@H](CCNC(=O)OCOC(=O)C(C)(C)C)NC(=O)[C@@H](NC(=O)C[C@H](O)CCCCCCCCCCCCC)COC(=O)[C@H]([C@H](O)CCl)NC(=O)[C@H]([C@H](O)C(=O)O)NC1=O. The number of nitrogens with one attached hydrogen (secondary N) is 12. The summed E-state index contributed by atoms with van der Waals surface area (Å²) in [7, 11) is 0. The van der Waals surface area contributed by atoms with Gasteiger partial charge < -0.3 is 128 Å². The van der Waals surface area contributed by atoms with Crippen LogP contribution in [0.25, 0.3) is 0 Å². The Labute approximate surface area is 688 Å². The highest BCUT2D eigenvalue weighted by molar-refractivity contribution is 6.18. The van der Waals surface area contributed by atoms with Crippen LogP contribution in [0.1, 0.15) is 205 Å². The van der Waals surface area contributed by atoms with Crippen molar-refractivity contribution in [2.24, 2.45) is 16.2 Å². The summed E-state index contributed by atoms with van der Waals surface area (Å²) in [6.07, 6.45) is -5.24. The Morgan fingerprint density at radius 3 is 1.35 bits per heavy atom. The number of unbranched alkanes of at least 4 members (excludes halogenated alkanes) is 11. The Morgan fingerprint density at radius 2 is 0.915 bits per heavy atom. The van der Waals surface area contributed by atoms with E-state index in [9.17, 15) is 117 Å². The van der Waals surface area contributed by atoms with E-state index in [0.29, 0.717) is 12.8 Å². The van der Waals surface area contributed by atoms with Gasteiger partial charge in [-0.15, -0.1) is 11.6 Å². The molecule has 18 N–H and O–H groups in total. The Balaban J connectivity index is 4.42. The number of carbonyl (C=O) groups is 18. The predicted molar refractivity (Wildman–Crippen MR) is 412 cm³/mol. The molecule has 12 atom stereocenters. The molecule has 1 aliphatic heterocycles. The van der Waals surface area contributed by atoms with E-state index in [1.54, 1.807) is 0 Å². The van der Waals surface area contributed by atoms with E-state index in [0.717, 1.165) is 77.7 Å². The minimum absolute atomic E-state index is 0.0687. The summed E-state index contributed by atoms with van der Waals surface area (Å²) in [4.78, 5) is 245. The number of allylic oxidation sites excluding steroid dienone is 1. The largest absolute Gasteiger partial charge is 0.481 e. The molecular formula is C74H121ClN12O31. The van der Waals surface area contributed by atoms with Crippen LogP contribution >= 0.6 is 11.6 Å². The van der Waals surface area contributed by atoms with Gasteiger partial charge in [-0.2, -0.15) is 0 Å². The van der Waals surface area contributed by atoms with Gasteiger partial charge in [0.25, 0.3) is 5.91 Å². The van der Waals surface area contributed by atoms with Crippen molar-refractivity contribution >= 4 is 119 Å². The number of carbonyl (C=O) groups excluding carboxylic acids is 16. The van der Waals surface area contributed by atoms with Crippen LogP contribution in [-0.2, 0) is 105 Å². The van der Waals surface area contributed by atoms with Gasteiger partial charge in [-0.3, -0.25) is 62.3 Å².